The van der Waals surface area contributed by atoms with Gasteiger partial charge in [0.15, 0.2) is 11.5 Å². The van der Waals surface area contributed by atoms with E-state index in [2.05, 4.69) is 9.72 Å². The summed E-state index contributed by atoms with van der Waals surface area (Å²) in [6.45, 7) is 0.0926. The smallest absolute Gasteiger partial charge is 0.330 e. The van der Waals surface area contributed by atoms with Crippen molar-refractivity contribution in [2.45, 2.75) is 11.4 Å². The lowest BCUT2D eigenvalue weighted by atomic mass is 10.2. The van der Waals surface area contributed by atoms with Crippen molar-refractivity contribution in [3.8, 4) is 11.5 Å². The number of carbonyl (C=O) groups excluding carboxylic acids is 1. The number of rotatable bonds is 8. The second-order valence-corrected chi connectivity index (χ2v) is 9.58. The second kappa shape index (κ2) is 9.46. The molecule has 164 valence electrons. The number of ether oxygens (including phenoxy) is 3. The predicted molar refractivity (Wildman–Crippen MR) is 119 cm³/mol. The molecule has 3 rings (SSSR count). The quantitative estimate of drug-likeness (QED) is 0.374. The van der Waals surface area contributed by atoms with Crippen LogP contribution in [0.4, 0.5) is 0 Å². The van der Waals surface area contributed by atoms with Crippen LogP contribution in [0, 0.1) is 0 Å². The van der Waals surface area contributed by atoms with Crippen molar-refractivity contribution in [3.63, 3.8) is 0 Å². The highest BCUT2D eigenvalue weighted by atomic mass is 32.2. The molecule has 0 spiro atoms. The number of hydrogen-bond acceptors (Lipinski definition) is 8. The van der Waals surface area contributed by atoms with Gasteiger partial charge in [0.25, 0.3) is 0 Å². The van der Waals surface area contributed by atoms with Gasteiger partial charge in [0.1, 0.15) is 9.90 Å². The Morgan fingerprint density at radius 3 is 2.55 bits per heavy atom. The van der Waals surface area contributed by atoms with Gasteiger partial charge < -0.3 is 14.2 Å². The first kappa shape index (κ1) is 22.7. The summed E-state index contributed by atoms with van der Waals surface area (Å²) in [5, 5.41) is 0.667. The molecule has 0 radical (unpaired) electrons. The van der Waals surface area contributed by atoms with E-state index in [1.54, 1.807) is 6.07 Å². The highest BCUT2D eigenvalue weighted by Crippen LogP contribution is 2.37. The first-order chi connectivity index (χ1) is 14.8. The van der Waals surface area contributed by atoms with Crippen molar-refractivity contribution in [2.24, 2.45) is 0 Å². The average Bonchev–Trinajstić information content (AvgIpc) is 3.18. The Labute approximate surface area is 184 Å². The third-order valence-corrected chi connectivity index (χ3v) is 7.29. The Morgan fingerprint density at radius 1 is 1.16 bits per heavy atom. The van der Waals surface area contributed by atoms with Crippen molar-refractivity contribution < 1.29 is 27.4 Å². The molecule has 0 fully saturated rings. The van der Waals surface area contributed by atoms with Crippen LogP contribution in [0.15, 0.2) is 47.4 Å². The predicted octanol–water partition coefficient (Wildman–Crippen LogP) is 3.32. The number of hydrogen-bond donors (Lipinski definition) is 0. The summed E-state index contributed by atoms with van der Waals surface area (Å²) in [7, 11) is 1.54. The van der Waals surface area contributed by atoms with Crippen LogP contribution in [-0.4, -0.2) is 52.1 Å². The number of nitrogens with zero attached hydrogens (tertiary/aromatic N) is 2. The number of para-hydroxylation sites is 1. The molecule has 0 amide bonds. The Balaban J connectivity index is 2.00. The summed E-state index contributed by atoms with van der Waals surface area (Å²) in [4.78, 5) is 15.9. The average molecular weight is 463 g/mol. The number of benzene rings is 2. The van der Waals surface area contributed by atoms with Crippen LogP contribution in [0.25, 0.3) is 16.3 Å². The maximum atomic E-state index is 13.4. The van der Waals surface area contributed by atoms with Gasteiger partial charge in [-0.3, -0.25) is 0 Å². The Hall–Kier alpha value is -2.95. The Morgan fingerprint density at radius 2 is 1.90 bits per heavy atom. The van der Waals surface area contributed by atoms with Crippen LogP contribution < -0.4 is 9.47 Å². The lowest BCUT2D eigenvalue weighted by molar-refractivity contribution is -0.134. The third-order valence-electron chi connectivity index (χ3n) is 4.46. The number of thiazole rings is 1. The van der Waals surface area contributed by atoms with Gasteiger partial charge in [-0.15, -0.1) is 11.3 Å². The number of aromatic nitrogens is 1. The van der Waals surface area contributed by atoms with Crippen molar-refractivity contribution in [1.29, 1.82) is 0 Å². The molecule has 0 aliphatic rings. The lowest BCUT2D eigenvalue weighted by Gasteiger charge is -2.20. The molecular weight excluding hydrogens is 440 g/mol. The van der Waals surface area contributed by atoms with Gasteiger partial charge in [-0.2, -0.15) is 4.31 Å². The van der Waals surface area contributed by atoms with Crippen LogP contribution in [0.2, 0.25) is 0 Å². The van der Waals surface area contributed by atoms with Gasteiger partial charge in [0, 0.05) is 13.1 Å². The van der Waals surface area contributed by atoms with Crippen LogP contribution in [0.5, 0.6) is 11.5 Å². The molecular formula is C21H22N2O6S2. The zero-order chi connectivity index (χ0) is 22.6. The van der Waals surface area contributed by atoms with Gasteiger partial charge in [0.05, 0.1) is 38.1 Å². The van der Waals surface area contributed by atoms with Gasteiger partial charge in [-0.1, -0.05) is 12.1 Å². The van der Waals surface area contributed by atoms with Crippen LogP contribution in [0.1, 0.15) is 10.6 Å². The summed E-state index contributed by atoms with van der Waals surface area (Å²) < 4.78 is 44.2. The van der Waals surface area contributed by atoms with E-state index in [0.717, 1.165) is 10.2 Å². The molecule has 0 aliphatic carbocycles. The molecule has 0 saturated heterocycles. The molecule has 0 bridgehead atoms. The Kier molecular flexibility index (Phi) is 6.94. The first-order valence-corrected chi connectivity index (χ1v) is 11.4. The Bertz CT molecular complexity index is 1200. The fourth-order valence-corrected chi connectivity index (χ4v) is 5.33. The van der Waals surface area contributed by atoms with Gasteiger partial charge in [0.2, 0.25) is 10.0 Å². The van der Waals surface area contributed by atoms with E-state index >= 15 is 0 Å². The number of carbonyl (C=O) groups is 1. The minimum atomic E-state index is -3.97. The fraction of sp³-hybridized carbons (Fsp3) is 0.238. The molecule has 0 N–H and O–H groups in total. The number of sulfonamides is 1. The van der Waals surface area contributed by atoms with Crippen molar-refractivity contribution in [1.82, 2.24) is 9.29 Å². The van der Waals surface area contributed by atoms with E-state index in [-0.39, 0.29) is 22.9 Å². The summed E-state index contributed by atoms with van der Waals surface area (Å²) in [5.74, 6) is -0.262. The summed E-state index contributed by atoms with van der Waals surface area (Å²) in [6, 6.07) is 10.6. The monoisotopic (exact) mass is 462 g/mol. The van der Waals surface area contributed by atoms with Crippen LogP contribution in [0.3, 0.4) is 0 Å². The standard InChI is InChI=1S/C21H22N2O6S2/c1-23(13-19-22-15-7-5-6-8-17(15)30-19)31(25,26)18-12-14(9-10-20(24)28-3)11-16(27-2)21(18)29-4/h5-12H,13H2,1-4H3/b10-9+. The molecule has 2 aromatic carbocycles. The van der Waals surface area contributed by atoms with Crippen molar-refractivity contribution in [2.75, 3.05) is 28.4 Å². The van der Waals surface area contributed by atoms with Crippen molar-refractivity contribution >= 4 is 43.6 Å². The molecule has 10 heteroatoms. The minimum Gasteiger partial charge on any atom is -0.493 e. The van der Waals surface area contributed by atoms with Gasteiger partial charge >= 0.3 is 5.97 Å². The van der Waals surface area contributed by atoms with Gasteiger partial charge in [-0.05, 0) is 35.9 Å². The first-order valence-electron chi connectivity index (χ1n) is 9.13. The van der Waals surface area contributed by atoms with Gasteiger partial charge in [-0.25, -0.2) is 18.2 Å². The number of methoxy groups -OCH3 is 3. The molecule has 1 aromatic heterocycles. The maximum absolute atomic E-state index is 13.4. The second-order valence-electron chi connectivity index (χ2n) is 6.45. The molecule has 0 saturated carbocycles. The minimum absolute atomic E-state index is 0.0777. The fourth-order valence-electron chi connectivity index (χ4n) is 2.90. The normalized spacial score (nSPS) is 11.9. The molecule has 0 atom stereocenters. The van der Waals surface area contributed by atoms with E-state index in [1.807, 2.05) is 24.3 Å². The highest BCUT2D eigenvalue weighted by molar-refractivity contribution is 7.89. The lowest BCUT2D eigenvalue weighted by Crippen LogP contribution is -2.27. The zero-order valence-corrected chi connectivity index (χ0v) is 19.1. The zero-order valence-electron chi connectivity index (χ0n) is 17.5. The van der Waals surface area contributed by atoms with E-state index in [9.17, 15) is 13.2 Å². The van der Waals surface area contributed by atoms with Crippen LogP contribution in [-0.2, 0) is 26.1 Å². The third kappa shape index (κ3) is 4.87. The highest BCUT2D eigenvalue weighted by Gasteiger charge is 2.28. The molecule has 31 heavy (non-hydrogen) atoms. The van der Waals surface area contributed by atoms with E-state index < -0.39 is 16.0 Å². The van der Waals surface area contributed by atoms with Crippen LogP contribution >= 0.6 is 11.3 Å². The van der Waals surface area contributed by atoms with Crippen molar-refractivity contribution in [3.05, 3.63) is 53.0 Å². The molecule has 8 nitrogen and oxygen atoms in total. The molecule has 0 aliphatic heterocycles. The topological polar surface area (TPSA) is 95.0 Å². The van der Waals surface area contributed by atoms with E-state index in [4.69, 9.17) is 9.47 Å². The molecule has 0 unspecified atom stereocenters. The van der Waals surface area contributed by atoms with E-state index in [0.29, 0.717) is 10.6 Å². The molecule has 1 heterocycles. The number of fused-ring (bicyclic) bond motifs is 1. The number of esters is 1. The summed E-state index contributed by atoms with van der Waals surface area (Å²) in [6.07, 6.45) is 2.64. The van der Waals surface area contributed by atoms with E-state index in [1.165, 1.54) is 62.2 Å². The SMILES string of the molecule is COC(=O)/C=C/c1cc(OC)c(OC)c(S(=O)(=O)N(C)Cc2nc3ccccc3s2)c1. The maximum Gasteiger partial charge on any atom is 0.330 e. The molecule has 3 aromatic rings. The summed E-state index contributed by atoms with van der Waals surface area (Å²) in [5.41, 5.74) is 1.26. The largest absolute Gasteiger partial charge is 0.493 e. The summed E-state index contributed by atoms with van der Waals surface area (Å²) >= 11 is 1.44.